The molecule has 0 unspecified atom stereocenters. The van der Waals surface area contributed by atoms with E-state index in [2.05, 4.69) is 5.32 Å². The van der Waals surface area contributed by atoms with Crippen LogP contribution in [-0.2, 0) is 4.79 Å². The molecule has 144 valence electrons. The summed E-state index contributed by atoms with van der Waals surface area (Å²) in [5, 5.41) is 3.07. The molecule has 0 spiro atoms. The van der Waals surface area contributed by atoms with Crippen LogP contribution in [0, 0.1) is 0 Å². The van der Waals surface area contributed by atoms with Crippen LogP contribution in [0.25, 0.3) is 0 Å². The first-order chi connectivity index (χ1) is 13.2. The van der Waals surface area contributed by atoms with Crippen molar-refractivity contribution in [2.45, 2.75) is 4.90 Å². The molecule has 0 saturated carbocycles. The third-order valence-electron chi connectivity index (χ3n) is 4.92. The molecule has 1 saturated heterocycles. The summed E-state index contributed by atoms with van der Waals surface area (Å²) >= 11 is 1.65. The molecular weight excluding hydrogens is 358 g/mol. The predicted molar refractivity (Wildman–Crippen MR) is 110 cm³/mol. The largest absolute Gasteiger partial charge is 0.488 e. The Morgan fingerprint density at radius 3 is 2.41 bits per heavy atom. The van der Waals surface area contributed by atoms with Crippen molar-refractivity contribution < 1.29 is 19.3 Å². The van der Waals surface area contributed by atoms with Crippen molar-refractivity contribution in [3.63, 3.8) is 0 Å². The van der Waals surface area contributed by atoms with E-state index in [4.69, 9.17) is 4.74 Å². The monoisotopic (exact) mass is 387 g/mol. The van der Waals surface area contributed by atoms with Crippen LogP contribution in [0.1, 0.15) is 0 Å². The highest BCUT2D eigenvalue weighted by Crippen LogP contribution is 2.24. The molecule has 0 radical (unpaired) electrons. The fourth-order valence-corrected chi connectivity index (χ4v) is 3.94. The third kappa shape index (κ3) is 6.27. The van der Waals surface area contributed by atoms with E-state index in [1.165, 1.54) is 4.90 Å². The van der Waals surface area contributed by atoms with Gasteiger partial charge in [0.05, 0.1) is 5.69 Å². The van der Waals surface area contributed by atoms with Gasteiger partial charge in [0.1, 0.15) is 45.1 Å². The van der Waals surface area contributed by atoms with Crippen molar-refractivity contribution in [1.82, 2.24) is 0 Å². The lowest BCUT2D eigenvalue weighted by atomic mass is 10.3. The standard InChI is InChI=1S/C21H27N3O2S/c1-27-20-10-6-5-9-19(20)22-21(25)17-24-13-11-23(12-14-24)15-16-26-18-7-3-2-4-8-18/h2-10H,11-17H2,1H3,(H,22,25)/p+2. The summed E-state index contributed by atoms with van der Waals surface area (Å²) in [4.78, 5) is 16.4. The van der Waals surface area contributed by atoms with Crippen LogP contribution in [0.2, 0.25) is 0 Å². The van der Waals surface area contributed by atoms with Gasteiger partial charge in [-0.3, -0.25) is 4.79 Å². The summed E-state index contributed by atoms with van der Waals surface area (Å²) in [6.07, 6.45) is 2.03. The summed E-state index contributed by atoms with van der Waals surface area (Å²) < 4.78 is 5.79. The van der Waals surface area contributed by atoms with Gasteiger partial charge in [0.2, 0.25) is 0 Å². The van der Waals surface area contributed by atoms with E-state index in [0.29, 0.717) is 6.54 Å². The molecule has 0 bridgehead atoms. The Bertz CT molecular complexity index is 718. The van der Waals surface area contributed by atoms with Gasteiger partial charge in [0.15, 0.2) is 6.54 Å². The van der Waals surface area contributed by atoms with E-state index in [9.17, 15) is 4.79 Å². The Morgan fingerprint density at radius 1 is 1.00 bits per heavy atom. The smallest absolute Gasteiger partial charge is 0.279 e. The van der Waals surface area contributed by atoms with Crippen LogP contribution < -0.4 is 19.9 Å². The molecule has 27 heavy (non-hydrogen) atoms. The topological polar surface area (TPSA) is 47.2 Å². The van der Waals surface area contributed by atoms with E-state index in [0.717, 1.165) is 55.7 Å². The molecule has 1 fully saturated rings. The molecule has 0 aromatic heterocycles. The Morgan fingerprint density at radius 2 is 1.67 bits per heavy atom. The van der Waals surface area contributed by atoms with Crippen LogP contribution >= 0.6 is 11.8 Å². The average molecular weight is 388 g/mol. The number of carbonyl (C=O) groups excluding carboxylic acids is 1. The van der Waals surface area contributed by atoms with Gasteiger partial charge in [-0.2, -0.15) is 0 Å². The number of benzene rings is 2. The molecule has 1 aliphatic rings. The molecule has 3 N–H and O–H groups in total. The molecule has 2 aromatic carbocycles. The van der Waals surface area contributed by atoms with Crippen molar-refractivity contribution >= 4 is 23.4 Å². The van der Waals surface area contributed by atoms with Gasteiger partial charge in [-0.1, -0.05) is 30.3 Å². The van der Waals surface area contributed by atoms with Crippen molar-refractivity contribution in [2.24, 2.45) is 0 Å². The SMILES string of the molecule is CSc1ccccc1NC(=O)C[NH+]1CC[NH+](CCOc2ccccc2)CC1. The lowest BCUT2D eigenvalue weighted by Crippen LogP contribution is -3.28. The number of para-hydroxylation sites is 2. The highest BCUT2D eigenvalue weighted by Gasteiger charge is 2.24. The summed E-state index contributed by atoms with van der Waals surface area (Å²) in [6.45, 7) is 6.51. The first kappa shape index (κ1) is 19.7. The molecule has 3 rings (SSSR count). The number of amides is 1. The minimum Gasteiger partial charge on any atom is -0.488 e. The number of piperazine rings is 1. The number of hydrogen-bond donors (Lipinski definition) is 3. The lowest BCUT2D eigenvalue weighted by Gasteiger charge is -2.29. The zero-order valence-electron chi connectivity index (χ0n) is 15.9. The van der Waals surface area contributed by atoms with Gasteiger partial charge in [0, 0.05) is 4.90 Å². The van der Waals surface area contributed by atoms with Crippen molar-refractivity contribution in [3.05, 3.63) is 54.6 Å². The molecule has 1 aliphatic heterocycles. The lowest BCUT2D eigenvalue weighted by molar-refractivity contribution is -1.01. The van der Waals surface area contributed by atoms with Gasteiger partial charge < -0.3 is 19.9 Å². The highest BCUT2D eigenvalue weighted by molar-refractivity contribution is 7.98. The number of carbonyl (C=O) groups is 1. The molecule has 0 aliphatic carbocycles. The van der Waals surface area contributed by atoms with Gasteiger partial charge in [-0.05, 0) is 30.5 Å². The average Bonchev–Trinajstić information content (AvgIpc) is 2.70. The second-order valence-corrected chi connectivity index (χ2v) is 7.68. The summed E-state index contributed by atoms with van der Waals surface area (Å²) in [6, 6.07) is 17.9. The van der Waals surface area contributed by atoms with Gasteiger partial charge >= 0.3 is 0 Å². The first-order valence-corrected chi connectivity index (χ1v) is 10.7. The Labute approximate surface area is 165 Å². The van der Waals surface area contributed by atoms with E-state index in [1.54, 1.807) is 16.7 Å². The van der Waals surface area contributed by atoms with Gasteiger partial charge in [-0.15, -0.1) is 11.8 Å². The normalized spacial score (nSPS) is 19.4. The maximum absolute atomic E-state index is 12.4. The predicted octanol–water partition coefficient (Wildman–Crippen LogP) is 0.209. The second-order valence-electron chi connectivity index (χ2n) is 6.84. The maximum atomic E-state index is 12.4. The molecule has 0 atom stereocenters. The van der Waals surface area contributed by atoms with Crippen LogP contribution in [0.15, 0.2) is 59.5 Å². The molecular formula is C21H29N3O2S+2. The van der Waals surface area contributed by atoms with Crippen molar-refractivity contribution in [1.29, 1.82) is 0 Å². The zero-order chi connectivity index (χ0) is 18.9. The van der Waals surface area contributed by atoms with Crippen molar-refractivity contribution in [2.75, 3.05) is 57.4 Å². The van der Waals surface area contributed by atoms with Crippen LogP contribution in [0.3, 0.4) is 0 Å². The van der Waals surface area contributed by atoms with Gasteiger partial charge in [0.25, 0.3) is 5.91 Å². The number of ether oxygens (including phenoxy) is 1. The highest BCUT2D eigenvalue weighted by atomic mass is 32.2. The van der Waals surface area contributed by atoms with Crippen LogP contribution in [0.4, 0.5) is 5.69 Å². The second kappa shape index (κ2) is 10.3. The minimum absolute atomic E-state index is 0.0994. The molecule has 1 amide bonds. The van der Waals surface area contributed by atoms with E-state index in [-0.39, 0.29) is 5.91 Å². The first-order valence-electron chi connectivity index (χ1n) is 9.52. The van der Waals surface area contributed by atoms with Gasteiger partial charge in [-0.25, -0.2) is 0 Å². The summed E-state index contributed by atoms with van der Waals surface area (Å²) in [5.74, 6) is 1.03. The molecule has 6 heteroatoms. The number of rotatable bonds is 8. The quantitative estimate of drug-likeness (QED) is 0.568. The number of anilines is 1. The van der Waals surface area contributed by atoms with E-state index in [1.807, 2.05) is 60.9 Å². The van der Waals surface area contributed by atoms with Crippen LogP contribution in [-0.4, -0.2) is 58.0 Å². The van der Waals surface area contributed by atoms with Crippen molar-refractivity contribution in [3.8, 4) is 5.75 Å². The molecule has 1 heterocycles. The molecule has 5 nitrogen and oxygen atoms in total. The fourth-order valence-electron chi connectivity index (χ4n) is 3.38. The Hall–Kier alpha value is -2.02. The summed E-state index contributed by atoms with van der Waals surface area (Å²) in [7, 11) is 0. The molecule has 2 aromatic rings. The third-order valence-corrected chi connectivity index (χ3v) is 5.72. The van der Waals surface area contributed by atoms with E-state index < -0.39 is 0 Å². The number of hydrogen-bond acceptors (Lipinski definition) is 3. The Kier molecular flexibility index (Phi) is 7.56. The number of quaternary nitrogens is 2. The Balaban J connectivity index is 1.36. The summed E-state index contributed by atoms with van der Waals surface area (Å²) in [5.41, 5.74) is 0.914. The zero-order valence-corrected chi connectivity index (χ0v) is 16.7. The number of thioether (sulfide) groups is 1. The maximum Gasteiger partial charge on any atom is 0.279 e. The van der Waals surface area contributed by atoms with Crippen LogP contribution in [0.5, 0.6) is 5.75 Å². The fraction of sp³-hybridized carbons (Fsp3) is 0.381. The van der Waals surface area contributed by atoms with E-state index >= 15 is 0 Å². The minimum atomic E-state index is 0.0994. The number of nitrogens with one attached hydrogen (secondary N) is 3.